The molecule has 0 radical (unpaired) electrons. The fraction of sp³-hybridized carbons (Fsp3) is 0.429. The normalized spacial score (nSPS) is 20.6. The summed E-state index contributed by atoms with van der Waals surface area (Å²) in [5, 5.41) is 8.87. The van der Waals surface area contributed by atoms with Crippen molar-refractivity contribution in [3.05, 3.63) is 82.5 Å². The molecule has 196 valence electrons. The molecule has 1 amide bonds. The number of carbonyl (C=O) groups is 1. The van der Waals surface area contributed by atoms with Crippen molar-refractivity contribution in [1.29, 1.82) is 0 Å². The second kappa shape index (κ2) is 11.8. The first-order valence-electron chi connectivity index (χ1n) is 12.9. The summed E-state index contributed by atoms with van der Waals surface area (Å²) < 4.78 is 19.0. The molecular formula is C28H33N3O6. The van der Waals surface area contributed by atoms with Crippen LogP contribution in [0.3, 0.4) is 0 Å². The Kier molecular flexibility index (Phi) is 8.03. The maximum Gasteiger partial charge on any atom is 0.326 e. The number of para-hydroxylation sites is 2. The fourth-order valence-corrected chi connectivity index (χ4v) is 5.17. The Morgan fingerprint density at radius 1 is 1.03 bits per heavy atom. The number of hydrogen-bond acceptors (Lipinski definition) is 6. The number of amides is 1. The number of hydrogen-bond donors (Lipinski definition) is 2. The van der Waals surface area contributed by atoms with Crippen molar-refractivity contribution in [1.82, 2.24) is 14.5 Å². The number of carbonyl (C=O) groups excluding carboxylic acids is 1. The van der Waals surface area contributed by atoms with Crippen molar-refractivity contribution in [2.45, 2.75) is 37.5 Å². The number of H-pyrrole nitrogens is 1. The van der Waals surface area contributed by atoms with Gasteiger partial charge in [0.2, 0.25) is 6.29 Å². The summed E-state index contributed by atoms with van der Waals surface area (Å²) in [6, 6.07) is 17.7. The number of aliphatic hydroxyl groups excluding tert-OH is 1. The van der Waals surface area contributed by atoms with E-state index in [2.05, 4.69) is 4.98 Å². The second-order valence-corrected chi connectivity index (χ2v) is 9.38. The lowest BCUT2D eigenvalue weighted by Gasteiger charge is -2.35. The van der Waals surface area contributed by atoms with Gasteiger partial charge in [0.15, 0.2) is 5.76 Å². The van der Waals surface area contributed by atoms with Crippen LogP contribution in [0, 0.1) is 0 Å². The second-order valence-electron chi connectivity index (χ2n) is 9.38. The molecule has 0 bridgehead atoms. The van der Waals surface area contributed by atoms with Gasteiger partial charge >= 0.3 is 5.69 Å². The van der Waals surface area contributed by atoms with Gasteiger partial charge in [-0.1, -0.05) is 42.5 Å². The van der Waals surface area contributed by atoms with Crippen molar-refractivity contribution >= 4 is 16.9 Å². The van der Waals surface area contributed by atoms with Crippen molar-refractivity contribution in [3.63, 3.8) is 0 Å². The van der Waals surface area contributed by atoms with Gasteiger partial charge in [0.25, 0.3) is 5.91 Å². The van der Waals surface area contributed by atoms with Crippen molar-refractivity contribution in [2.24, 2.45) is 0 Å². The molecule has 1 aromatic heterocycles. The maximum absolute atomic E-state index is 13.5. The molecule has 1 fully saturated rings. The molecule has 37 heavy (non-hydrogen) atoms. The number of fused-ring (bicyclic) bond motifs is 1. The van der Waals surface area contributed by atoms with Crippen LogP contribution in [0.4, 0.5) is 0 Å². The van der Waals surface area contributed by atoms with Crippen molar-refractivity contribution in [3.8, 4) is 0 Å². The van der Waals surface area contributed by atoms with Crippen LogP contribution in [0.1, 0.15) is 36.8 Å². The Bertz CT molecular complexity index is 1280. The number of ether oxygens (including phenoxy) is 3. The molecule has 2 atom stereocenters. The van der Waals surface area contributed by atoms with E-state index in [9.17, 15) is 9.59 Å². The average molecular weight is 508 g/mol. The molecule has 0 spiro atoms. The number of allylic oxidation sites excluding steroid dienone is 1. The van der Waals surface area contributed by atoms with Gasteiger partial charge in [-0.3, -0.25) is 9.36 Å². The summed E-state index contributed by atoms with van der Waals surface area (Å²) in [6.45, 7) is 1.93. The predicted octanol–water partition coefficient (Wildman–Crippen LogP) is 2.93. The minimum atomic E-state index is -0.575. The van der Waals surface area contributed by atoms with Crippen LogP contribution in [0.2, 0.25) is 0 Å². The zero-order valence-electron chi connectivity index (χ0n) is 20.8. The van der Waals surface area contributed by atoms with Crippen LogP contribution in [-0.4, -0.2) is 71.3 Å². The van der Waals surface area contributed by atoms with E-state index in [0.29, 0.717) is 51.3 Å². The lowest BCUT2D eigenvalue weighted by atomic mass is 9.92. The molecular weight excluding hydrogens is 474 g/mol. The first-order valence-corrected chi connectivity index (χ1v) is 12.9. The first-order chi connectivity index (χ1) is 18.1. The van der Waals surface area contributed by atoms with Gasteiger partial charge in [0, 0.05) is 31.5 Å². The van der Waals surface area contributed by atoms with E-state index in [1.54, 1.807) is 4.90 Å². The fourth-order valence-electron chi connectivity index (χ4n) is 5.17. The molecule has 2 aliphatic heterocycles. The molecule has 2 N–H and O–H groups in total. The SMILES string of the molecule is O=C(C1=CC(c2ccccc2)CC(OCCOCCO)O1)N1CCC(n2c(=O)[nH]c3ccccc32)CC1. The van der Waals surface area contributed by atoms with Gasteiger partial charge in [0.1, 0.15) is 0 Å². The largest absolute Gasteiger partial charge is 0.459 e. The van der Waals surface area contributed by atoms with E-state index in [-0.39, 0.29) is 36.8 Å². The molecule has 3 heterocycles. The molecule has 2 unspecified atom stereocenters. The Hall–Kier alpha value is -3.40. The Morgan fingerprint density at radius 3 is 2.57 bits per heavy atom. The number of nitrogens with zero attached hydrogens (tertiary/aromatic N) is 2. The molecule has 9 nitrogen and oxygen atoms in total. The molecule has 2 aromatic carbocycles. The highest BCUT2D eigenvalue weighted by atomic mass is 16.7. The molecule has 2 aliphatic rings. The summed E-state index contributed by atoms with van der Waals surface area (Å²) in [5.41, 5.74) is 2.70. The highest BCUT2D eigenvalue weighted by Gasteiger charge is 2.33. The summed E-state index contributed by atoms with van der Waals surface area (Å²) in [4.78, 5) is 30.9. The highest BCUT2D eigenvalue weighted by Crippen LogP contribution is 2.33. The minimum absolute atomic E-state index is 0.0143. The van der Waals surface area contributed by atoms with Crippen molar-refractivity contribution < 1.29 is 24.1 Å². The number of imidazole rings is 1. The first kappa shape index (κ1) is 25.3. The number of aromatic amines is 1. The summed E-state index contributed by atoms with van der Waals surface area (Å²) in [7, 11) is 0. The monoisotopic (exact) mass is 507 g/mol. The van der Waals surface area contributed by atoms with Crippen LogP contribution in [0.25, 0.3) is 11.0 Å². The maximum atomic E-state index is 13.5. The van der Waals surface area contributed by atoms with Gasteiger partial charge in [-0.15, -0.1) is 0 Å². The van der Waals surface area contributed by atoms with Crippen LogP contribution < -0.4 is 5.69 Å². The Labute approximate surface area is 215 Å². The van der Waals surface area contributed by atoms with E-state index in [4.69, 9.17) is 19.3 Å². The summed E-state index contributed by atoms with van der Waals surface area (Å²) >= 11 is 0. The topological polar surface area (TPSA) is 106 Å². The van der Waals surface area contributed by atoms with E-state index in [1.807, 2.05) is 65.2 Å². The quantitative estimate of drug-likeness (QED) is 0.432. The highest BCUT2D eigenvalue weighted by molar-refractivity contribution is 5.92. The molecule has 1 saturated heterocycles. The predicted molar refractivity (Wildman–Crippen MR) is 138 cm³/mol. The smallest absolute Gasteiger partial charge is 0.326 e. The van der Waals surface area contributed by atoms with Crippen LogP contribution >= 0.6 is 0 Å². The molecule has 0 saturated carbocycles. The van der Waals surface area contributed by atoms with E-state index < -0.39 is 6.29 Å². The summed E-state index contributed by atoms with van der Waals surface area (Å²) in [5.74, 6) is 0.124. The zero-order valence-corrected chi connectivity index (χ0v) is 20.8. The third-order valence-corrected chi connectivity index (χ3v) is 7.00. The number of aliphatic hydroxyl groups is 1. The van der Waals surface area contributed by atoms with Crippen LogP contribution in [0.5, 0.6) is 0 Å². The van der Waals surface area contributed by atoms with E-state index in [1.165, 1.54) is 0 Å². The molecule has 9 heteroatoms. The average Bonchev–Trinajstić information content (AvgIpc) is 3.28. The van der Waals surface area contributed by atoms with Gasteiger partial charge < -0.3 is 29.2 Å². The van der Waals surface area contributed by atoms with Crippen LogP contribution in [-0.2, 0) is 19.0 Å². The van der Waals surface area contributed by atoms with E-state index >= 15 is 0 Å². The Balaban J connectivity index is 1.26. The van der Waals surface area contributed by atoms with Gasteiger partial charge in [-0.25, -0.2) is 4.79 Å². The third-order valence-electron chi connectivity index (χ3n) is 7.00. The summed E-state index contributed by atoms with van der Waals surface area (Å²) in [6.07, 6.45) is 3.28. The number of piperidine rings is 1. The zero-order chi connectivity index (χ0) is 25.6. The van der Waals surface area contributed by atoms with Crippen LogP contribution in [0.15, 0.2) is 71.2 Å². The lowest BCUT2D eigenvalue weighted by molar-refractivity contribution is -0.157. The standard InChI is InChI=1S/C28H33N3O6/c32-14-15-35-16-17-36-26-19-21(20-6-2-1-3-7-20)18-25(37-26)27(33)30-12-10-22(11-13-30)31-24-9-5-4-8-23(24)29-28(31)34/h1-9,18,21-22,26,32H,10-17,19H2,(H,29,34). The van der Waals surface area contributed by atoms with Crippen molar-refractivity contribution in [2.75, 3.05) is 39.5 Å². The van der Waals surface area contributed by atoms with Gasteiger partial charge in [-0.2, -0.15) is 0 Å². The Morgan fingerprint density at radius 2 is 1.78 bits per heavy atom. The number of likely N-dealkylation sites (tertiary alicyclic amines) is 1. The molecule has 0 aliphatic carbocycles. The number of rotatable bonds is 9. The number of nitrogens with one attached hydrogen (secondary N) is 1. The lowest BCUT2D eigenvalue weighted by Crippen LogP contribution is -2.42. The number of aromatic nitrogens is 2. The third kappa shape index (κ3) is 5.79. The molecule has 5 rings (SSSR count). The number of benzene rings is 2. The van der Waals surface area contributed by atoms with Gasteiger partial charge in [-0.05, 0) is 36.6 Å². The molecule has 3 aromatic rings. The van der Waals surface area contributed by atoms with Gasteiger partial charge in [0.05, 0.1) is 37.5 Å². The van der Waals surface area contributed by atoms with E-state index in [0.717, 1.165) is 16.6 Å². The minimum Gasteiger partial charge on any atom is -0.459 e.